The van der Waals surface area contributed by atoms with Crippen LogP contribution in [0.1, 0.15) is 33.1 Å². The summed E-state index contributed by atoms with van der Waals surface area (Å²) in [5, 5.41) is 4.37. The van der Waals surface area contributed by atoms with Gasteiger partial charge in [-0.25, -0.2) is 9.37 Å². The van der Waals surface area contributed by atoms with E-state index in [-0.39, 0.29) is 5.82 Å². The van der Waals surface area contributed by atoms with E-state index >= 15 is 0 Å². The normalized spacial score (nSPS) is 11.3. The van der Waals surface area contributed by atoms with Gasteiger partial charge in [0.2, 0.25) is 0 Å². The molecule has 0 aliphatic heterocycles. The van der Waals surface area contributed by atoms with Crippen LogP contribution in [0.25, 0.3) is 22.0 Å². The number of hydrogen-bond donors (Lipinski definition) is 2. The highest BCUT2D eigenvalue weighted by Gasteiger charge is 2.07. The zero-order valence-corrected chi connectivity index (χ0v) is 14.3. The molecule has 126 valence electrons. The zero-order chi connectivity index (χ0) is 16.9. The van der Waals surface area contributed by atoms with E-state index < -0.39 is 0 Å². The molecule has 0 spiro atoms. The van der Waals surface area contributed by atoms with Gasteiger partial charge >= 0.3 is 0 Å². The number of halogens is 1. The molecule has 0 radical (unpaired) electrons. The molecule has 2 aromatic heterocycles. The van der Waals surface area contributed by atoms with Gasteiger partial charge in [0.25, 0.3) is 0 Å². The van der Waals surface area contributed by atoms with Gasteiger partial charge in [0.05, 0.1) is 0 Å². The first-order chi connectivity index (χ1) is 11.6. The Balaban J connectivity index is 1.63. The van der Waals surface area contributed by atoms with E-state index in [1.54, 1.807) is 6.07 Å². The first-order valence-electron chi connectivity index (χ1n) is 8.60. The van der Waals surface area contributed by atoms with Crippen molar-refractivity contribution in [2.24, 2.45) is 5.92 Å². The van der Waals surface area contributed by atoms with E-state index in [9.17, 15) is 4.39 Å². The fourth-order valence-corrected chi connectivity index (χ4v) is 2.89. The molecule has 3 aromatic rings. The number of aromatic amines is 1. The fourth-order valence-electron chi connectivity index (χ4n) is 2.89. The Bertz CT molecular complexity index is 790. The zero-order valence-electron chi connectivity index (χ0n) is 14.3. The summed E-state index contributed by atoms with van der Waals surface area (Å²) in [7, 11) is 0. The predicted octanol–water partition coefficient (Wildman–Crippen LogP) is 5.61. The van der Waals surface area contributed by atoms with Crippen molar-refractivity contribution >= 4 is 16.7 Å². The number of unbranched alkanes of at least 4 members (excludes halogenated alkanes) is 1. The SMILES string of the molecule is CC(C)CCCCNc1ccc(-c2c[nH]c3cc(F)ccc23)cn1. The third kappa shape index (κ3) is 3.94. The second-order valence-electron chi connectivity index (χ2n) is 6.64. The molecule has 0 amide bonds. The van der Waals surface area contributed by atoms with Gasteiger partial charge in [-0.05, 0) is 42.7 Å². The molecule has 0 bridgehead atoms. The lowest BCUT2D eigenvalue weighted by atomic mass is 10.1. The van der Waals surface area contributed by atoms with Crippen molar-refractivity contribution < 1.29 is 4.39 Å². The van der Waals surface area contributed by atoms with Gasteiger partial charge in [-0.1, -0.05) is 26.7 Å². The average Bonchev–Trinajstić information content (AvgIpc) is 2.98. The Hall–Kier alpha value is -2.36. The standard InChI is InChI=1S/C20H24FN3/c1-14(2)5-3-4-10-22-20-9-6-15(12-24-20)18-13-23-19-11-16(21)7-8-17(18)19/h6-9,11-14,23H,3-5,10H2,1-2H3,(H,22,24). The van der Waals surface area contributed by atoms with Crippen LogP contribution in [0.5, 0.6) is 0 Å². The second kappa shape index (κ2) is 7.47. The highest BCUT2D eigenvalue weighted by Crippen LogP contribution is 2.29. The van der Waals surface area contributed by atoms with Crippen LogP contribution in [-0.2, 0) is 0 Å². The van der Waals surface area contributed by atoms with E-state index in [1.807, 2.05) is 18.5 Å². The Morgan fingerprint density at radius 3 is 2.79 bits per heavy atom. The number of H-pyrrole nitrogens is 1. The summed E-state index contributed by atoms with van der Waals surface area (Å²) in [6.07, 6.45) is 7.45. The third-order valence-corrected chi connectivity index (χ3v) is 4.23. The van der Waals surface area contributed by atoms with E-state index in [0.29, 0.717) is 0 Å². The highest BCUT2D eigenvalue weighted by molar-refractivity contribution is 5.95. The number of rotatable bonds is 7. The number of nitrogens with zero attached hydrogens (tertiary/aromatic N) is 1. The summed E-state index contributed by atoms with van der Waals surface area (Å²) < 4.78 is 13.3. The Morgan fingerprint density at radius 1 is 1.17 bits per heavy atom. The molecule has 0 saturated heterocycles. The smallest absolute Gasteiger partial charge is 0.125 e. The van der Waals surface area contributed by atoms with Crippen LogP contribution in [-0.4, -0.2) is 16.5 Å². The molecular weight excluding hydrogens is 301 g/mol. The summed E-state index contributed by atoms with van der Waals surface area (Å²) in [4.78, 5) is 7.61. The molecule has 0 atom stereocenters. The maximum Gasteiger partial charge on any atom is 0.125 e. The summed E-state index contributed by atoms with van der Waals surface area (Å²) in [5.41, 5.74) is 2.87. The molecule has 0 aliphatic rings. The van der Waals surface area contributed by atoms with E-state index in [0.717, 1.165) is 46.7 Å². The predicted molar refractivity (Wildman–Crippen MR) is 98.7 cm³/mol. The van der Waals surface area contributed by atoms with Crippen LogP contribution in [0.15, 0.2) is 42.7 Å². The molecule has 0 fully saturated rings. The van der Waals surface area contributed by atoms with Gasteiger partial charge in [0, 0.05) is 41.0 Å². The van der Waals surface area contributed by atoms with Crippen molar-refractivity contribution in [2.75, 3.05) is 11.9 Å². The van der Waals surface area contributed by atoms with Gasteiger partial charge < -0.3 is 10.3 Å². The molecule has 2 N–H and O–H groups in total. The molecule has 1 aromatic carbocycles. The second-order valence-corrected chi connectivity index (χ2v) is 6.64. The molecule has 4 heteroatoms. The largest absolute Gasteiger partial charge is 0.370 e. The Morgan fingerprint density at radius 2 is 2.04 bits per heavy atom. The van der Waals surface area contributed by atoms with Gasteiger partial charge in [-0.2, -0.15) is 0 Å². The van der Waals surface area contributed by atoms with Crippen molar-refractivity contribution in [3.05, 3.63) is 48.5 Å². The minimum absolute atomic E-state index is 0.231. The number of fused-ring (bicyclic) bond motifs is 1. The first-order valence-corrected chi connectivity index (χ1v) is 8.60. The number of anilines is 1. The summed E-state index contributed by atoms with van der Waals surface area (Å²) >= 11 is 0. The number of benzene rings is 1. The van der Waals surface area contributed by atoms with Gasteiger partial charge in [-0.15, -0.1) is 0 Å². The van der Waals surface area contributed by atoms with Crippen molar-refractivity contribution in [2.45, 2.75) is 33.1 Å². The summed E-state index contributed by atoms with van der Waals surface area (Å²) in [6, 6.07) is 8.85. The first kappa shape index (κ1) is 16.5. The maximum atomic E-state index is 13.3. The topological polar surface area (TPSA) is 40.7 Å². The number of nitrogens with one attached hydrogen (secondary N) is 2. The molecule has 2 heterocycles. The summed E-state index contributed by atoms with van der Waals surface area (Å²) in [6.45, 7) is 5.46. The van der Waals surface area contributed by atoms with Crippen LogP contribution in [0, 0.1) is 11.7 Å². The molecule has 3 rings (SSSR count). The lowest BCUT2D eigenvalue weighted by molar-refractivity contribution is 0.544. The molecule has 3 nitrogen and oxygen atoms in total. The lowest BCUT2D eigenvalue weighted by Gasteiger charge is -2.07. The van der Waals surface area contributed by atoms with Gasteiger partial charge in [0.1, 0.15) is 11.6 Å². The minimum atomic E-state index is -0.231. The maximum absolute atomic E-state index is 13.3. The third-order valence-electron chi connectivity index (χ3n) is 4.23. The number of hydrogen-bond acceptors (Lipinski definition) is 2. The van der Waals surface area contributed by atoms with Crippen molar-refractivity contribution in [3.8, 4) is 11.1 Å². The molecule has 0 aliphatic carbocycles. The van der Waals surface area contributed by atoms with Crippen molar-refractivity contribution in [3.63, 3.8) is 0 Å². The average molecular weight is 325 g/mol. The van der Waals surface area contributed by atoms with Crippen LogP contribution in [0.2, 0.25) is 0 Å². The van der Waals surface area contributed by atoms with Crippen LogP contribution in [0.4, 0.5) is 10.2 Å². The van der Waals surface area contributed by atoms with Crippen molar-refractivity contribution in [1.29, 1.82) is 0 Å². The van der Waals surface area contributed by atoms with Crippen molar-refractivity contribution in [1.82, 2.24) is 9.97 Å². The number of aromatic nitrogens is 2. The van der Waals surface area contributed by atoms with E-state index in [2.05, 4.69) is 35.2 Å². The van der Waals surface area contributed by atoms with Gasteiger partial charge in [-0.3, -0.25) is 0 Å². The molecule has 0 unspecified atom stereocenters. The molecule has 24 heavy (non-hydrogen) atoms. The van der Waals surface area contributed by atoms with Crippen LogP contribution in [0.3, 0.4) is 0 Å². The highest BCUT2D eigenvalue weighted by atomic mass is 19.1. The van der Waals surface area contributed by atoms with Gasteiger partial charge in [0.15, 0.2) is 0 Å². The van der Waals surface area contributed by atoms with Crippen LogP contribution < -0.4 is 5.32 Å². The monoisotopic (exact) mass is 325 g/mol. The quantitative estimate of drug-likeness (QED) is 0.555. The Kier molecular flexibility index (Phi) is 5.14. The number of pyridine rings is 1. The van der Waals surface area contributed by atoms with Crippen LogP contribution >= 0.6 is 0 Å². The van der Waals surface area contributed by atoms with E-state index in [1.165, 1.54) is 25.0 Å². The Labute approximate surface area is 142 Å². The van der Waals surface area contributed by atoms with E-state index in [4.69, 9.17) is 0 Å². The molecule has 0 saturated carbocycles. The lowest BCUT2D eigenvalue weighted by Crippen LogP contribution is -2.03. The fraction of sp³-hybridized carbons (Fsp3) is 0.350. The minimum Gasteiger partial charge on any atom is -0.370 e. The summed E-state index contributed by atoms with van der Waals surface area (Å²) in [5.74, 6) is 1.44. The molecular formula is C20H24FN3.